The first-order chi connectivity index (χ1) is 16.9. The zero-order valence-electron chi connectivity index (χ0n) is 23.7. The van der Waals surface area contributed by atoms with Crippen molar-refractivity contribution in [2.45, 2.75) is 52.7 Å². The molecule has 0 atom stereocenters. The van der Waals surface area contributed by atoms with Crippen LogP contribution in [-0.2, 0) is 9.47 Å². The van der Waals surface area contributed by atoms with Gasteiger partial charge in [-0.1, -0.05) is 0 Å². The fourth-order valence-corrected chi connectivity index (χ4v) is 3.12. The van der Waals surface area contributed by atoms with Crippen LogP contribution < -0.4 is 19.9 Å². The summed E-state index contributed by atoms with van der Waals surface area (Å²) in [5, 5.41) is 14.9. The zero-order chi connectivity index (χ0) is 28.7. The van der Waals surface area contributed by atoms with Gasteiger partial charge in [-0.05, 0) is 41.5 Å². The molecule has 0 aliphatic rings. The summed E-state index contributed by atoms with van der Waals surface area (Å²) in [4.78, 5) is 45.1. The number of carbonyl (C=O) groups is 2. The molecule has 0 saturated carbocycles. The number of rotatable bonds is 7. The molecule has 0 aromatic heterocycles. The quantitative estimate of drug-likeness (QED) is 0.244. The minimum atomic E-state index is -0.832. The van der Waals surface area contributed by atoms with Crippen LogP contribution in [-0.4, -0.2) is 87.6 Å². The Balaban J connectivity index is 3.47. The largest absolute Gasteiger partial charge is 0.494 e. The van der Waals surface area contributed by atoms with Crippen LogP contribution in [0.25, 0.3) is 0 Å². The van der Waals surface area contributed by atoms with E-state index in [9.17, 15) is 19.7 Å². The van der Waals surface area contributed by atoms with E-state index < -0.39 is 28.3 Å². The molecule has 1 N–H and O–H groups in total. The van der Waals surface area contributed by atoms with Gasteiger partial charge in [-0.2, -0.15) is 0 Å². The maximum atomic E-state index is 13.1. The van der Waals surface area contributed by atoms with Crippen molar-refractivity contribution in [1.82, 2.24) is 10.2 Å². The maximum absolute atomic E-state index is 13.1. The van der Waals surface area contributed by atoms with Gasteiger partial charge >= 0.3 is 12.2 Å². The van der Waals surface area contributed by atoms with Crippen molar-refractivity contribution in [3.63, 3.8) is 0 Å². The average molecular weight is 525 g/mol. The predicted molar refractivity (Wildman–Crippen MR) is 143 cm³/mol. The molecule has 0 fully saturated rings. The first-order valence-electron chi connectivity index (χ1n) is 11.6. The van der Waals surface area contributed by atoms with Gasteiger partial charge in [0, 0.05) is 53.4 Å². The topological polar surface area (TPSA) is 139 Å². The Morgan fingerprint density at radius 2 is 1.54 bits per heavy atom. The highest BCUT2D eigenvalue weighted by Crippen LogP contribution is 2.40. The lowest BCUT2D eigenvalue weighted by Gasteiger charge is -2.30. The number of nitrogens with zero attached hydrogens (tertiary/aromatic N) is 5. The second kappa shape index (κ2) is 12.5. The Labute approximate surface area is 218 Å². The number of likely N-dealkylation sites (N-methyl/N-ethyl adjacent to an activating group) is 2. The van der Waals surface area contributed by atoms with Crippen LogP contribution in [0.1, 0.15) is 41.5 Å². The number of ether oxygens (including phenoxy) is 3. The van der Waals surface area contributed by atoms with E-state index in [1.807, 2.05) is 0 Å². The summed E-state index contributed by atoms with van der Waals surface area (Å²) in [5.74, 6) is 0.275. The molecule has 1 rings (SSSR count). The van der Waals surface area contributed by atoms with Crippen LogP contribution in [0.15, 0.2) is 17.1 Å². The molecule has 0 radical (unpaired) electrons. The number of hydrogen-bond donors (Lipinski definition) is 1. The molecule has 0 spiro atoms. The molecule has 0 saturated heterocycles. The molecule has 1 aromatic rings. The summed E-state index contributed by atoms with van der Waals surface area (Å²) in [6.45, 7) is 10.9. The number of methoxy groups -OCH3 is 1. The van der Waals surface area contributed by atoms with Gasteiger partial charge in [-0.15, -0.1) is 0 Å². The second-order valence-electron chi connectivity index (χ2n) is 10.2. The Kier molecular flexibility index (Phi) is 10.5. The number of anilines is 2. The minimum Gasteiger partial charge on any atom is -0.494 e. The van der Waals surface area contributed by atoms with Gasteiger partial charge in [-0.25, -0.2) is 14.5 Å². The van der Waals surface area contributed by atoms with Gasteiger partial charge in [0.1, 0.15) is 28.3 Å². The van der Waals surface area contributed by atoms with E-state index in [0.29, 0.717) is 0 Å². The number of benzene rings is 1. The molecule has 0 heterocycles. The minimum absolute atomic E-state index is 0.0708. The highest BCUT2D eigenvalue weighted by atomic mass is 16.6. The van der Waals surface area contributed by atoms with Crippen molar-refractivity contribution >= 4 is 35.2 Å². The highest BCUT2D eigenvalue weighted by Gasteiger charge is 2.32. The highest BCUT2D eigenvalue weighted by molar-refractivity contribution is 6.15. The normalized spacial score (nSPS) is 11.9. The molecule has 0 aliphatic carbocycles. The number of nitrogens with one attached hydrogen (secondary N) is 1. The van der Waals surface area contributed by atoms with E-state index in [4.69, 9.17) is 14.2 Å². The van der Waals surface area contributed by atoms with Gasteiger partial charge in [0.05, 0.1) is 12.0 Å². The standard InChI is InChI=1S/C24H40N6O7/c1-23(2,3)36-21(31)28(10)13-12-27(9)16-15-19(35-11)18(14-17(16)30(33)34)29(20(25-7)26-8)22(32)37-24(4,5)6/h14-15H,12-13H2,1-11H3,(H,25,26). The summed E-state index contributed by atoms with van der Waals surface area (Å²) < 4.78 is 16.4. The van der Waals surface area contributed by atoms with Gasteiger partial charge in [0.15, 0.2) is 0 Å². The van der Waals surface area contributed by atoms with E-state index in [-0.39, 0.29) is 41.9 Å². The Bertz CT molecular complexity index is 1010. The van der Waals surface area contributed by atoms with Crippen molar-refractivity contribution in [2.24, 2.45) is 4.99 Å². The first kappa shape index (κ1) is 31.3. The second-order valence-corrected chi connectivity index (χ2v) is 10.2. The Morgan fingerprint density at radius 1 is 1.00 bits per heavy atom. The van der Waals surface area contributed by atoms with E-state index in [1.165, 1.54) is 31.2 Å². The van der Waals surface area contributed by atoms with Crippen molar-refractivity contribution in [1.29, 1.82) is 0 Å². The molecular weight excluding hydrogens is 484 g/mol. The number of guanidine groups is 1. The molecule has 208 valence electrons. The number of amides is 2. The zero-order valence-corrected chi connectivity index (χ0v) is 23.7. The molecule has 37 heavy (non-hydrogen) atoms. The number of aliphatic imine (C=N–C) groups is 1. The third kappa shape index (κ3) is 8.99. The lowest BCUT2D eigenvalue weighted by atomic mass is 10.2. The van der Waals surface area contributed by atoms with Crippen LogP contribution >= 0.6 is 0 Å². The molecular formula is C24H40N6O7. The Hall–Kier alpha value is -3.77. The smallest absolute Gasteiger partial charge is 0.421 e. The van der Waals surface area contributed by atoms with Gasteiger partial charge in [0.25, 0.3) is 5.69 Å². The fraction of sp³-hybridized carbons (Fsp3) is 0.625. The third-order valence-electron chi connectivity index (χ3n) is 4.82. The number of nitro benzene ring substituents is 1. The van der Waals surface area contributed by atoms with Gasteiger partial charge in [0.2, 0.25) is 5.96 Å². The SMILES string of the molecule is C/N=C(\NC)N(C(=O)OC(C)(C)C)c1cc([N+](=O)[O-])c(N(C)CCN(C)C(=O)OC(C)(C)C)cc1OC. The molecule has 0 aliphatic heterocycles. The molecule has 0 unspecified atom stereocenters. The van der Waals surface area contributed by atoms with Crippen LogP contribution in [0.3, 0.4) is 0 Å². The number of carbonyl (C=O) groups excluding carboxylic acids is 2. The summed E-state index contributed by atoms with van der Waals surface area (Å²) >= 11 is 0. The number of nitro groups is 1. The first-order valence-corrected chi connectivity index (χ1v) is 11.6. The van der Waals surface area contributed by atoms with Crippen LogP contribution in [0.2, 0.25) is 0 Å². The third-order valence-corrected chi connectivity index (χ3v) is 4.82. The maximum Gasteiger partial charge on any atom is 0.421 e. The van der Waals surface area contributed by atoms with Crippen LogP contribution in [0.5, 0.6) is 5.75 Å². The molecule has 1 aromatic carbocycles. The van der Waals surface area contributed by atoms with E-state index >= 15 is 0 Å². The monoisotopic (exact) mass is 524 g/mol. The predicted octanol–water partition coefficient (Wildman–Crippen LogP) is 3.85. The summed E-state index contributed by atoms with van der Waals surface area (Å²) in [7, 11) is 7.65. The van der Waals surface area contributed by atoms with Crippen molar-refractivity contribution in [3.8, 4) is 5.75 Å². The molecule has 13 nitrogen and oxygen atoms in total. The summed E-state index contributed by atoms with van der Waals surface area (Å²) in [6.07, 6.45) is -1.30. The lowest BCUT2D eigenvalue weighted by molar-refractivity contribution is -0.384. The van der Waals surface area contributed by atoms with Crippen LogP contribution in [0.4, 0.5) is 26.7 Å². The van der Waals surface area contributed by atoms with E-state index in [0.717, 1.165) is 4.90 Å². The summed E-state index contributed by atoms with van der Waals surface area (Å²) in [5.41, 5.74) is -1.46. The molecule has 13 heteroatoms. The molecule has 2 amide bonds. The average Bonchev–Trinajstić information content (AvgIpc) is 2.77. The van der Waals surface area contributed by atoms with Crippen molar-refractivity contribution < 1.29 is 28.7 Å². The number of hydrogen-bond acceptors (Lipinski definition) is 9. The van der Waals surface area contributed by atoms with Crippen molar-refractivity contribution in [3.05, 3.63) is 22.2 Å². The Morgan fingerprint density at radius 3 is 1.97 bits per heavy atom. The van der Waals surface area contributed by atoms with E-state index in [1.54, 1.807) is 67.6 Å². The fourth-order valence-electron chi connectivity index (χ4n) is 3.12. The van der Waals surface area contributed by atoms with Gasteiger partial charge in [-0.3, -0.25) is 15.1 Å². The van der Waals surface area contributed by atoms with E-state index in [2.05, 4.69) is 10.3 Å². The van der Waals surface area contributed by atoms with Crippen LogP contribution in [0, 0.1) is 10.1 Å². The lowest BCUT2D eigenvalue weighted by Crippen LogP contribution is -2.46. The van der Waals surface area contributed by atoms with Crippen molar-refractivity contribution in [2.75, 3.05) is 58.2 Å². The molecule has 0 bridgehead atoms. The summed E-state index contributed by atoms with van der Waals surface area (Å²) in [6, 6.07) is 2.69. The van der Waals surface area contributed by atoms with Gasteiger partial charge < -0.3 is 29.3 Å².